The Morgan fingerprint density at radius 2 is 1.79 bits per heavy atom. The van der Waals surface area contributed by atoms with Crippen molar-refractivity contribution in [3.63, 3.8) is 0 Å². The molecule has 1 saturated heterocycles. The summed E-state index contributed by atoms with van der Waals surface area (Å²) < 4.78 is 6.22. The summed E-state index contributed by atoms with van der Waals surface area (Å²) in [7, 11) is 0. The minimum atomic E-state index is -0.419. The summed E-state index contributed by atoms with van der Waals surface area (Å²) in [6, 6.07) is 24.8. The average molecular weight is 543 g/mol. The summed E-state index contributed by atoms with van der Waals surface area (Å²) in [4.78, 5) is 17.3. The number of amides is 1. The lowest BCUT2D eigenvalue weighted by Crippen LogP contribution is -2.47. The molecule has 200 valence electrons. The van der Waals surface area contributed by atoms with Gasteiger partial charge in [0.25, 0.3) is 5.91 Å². The molecule has 0 unspecified atom stereocenters. The van der Waals surface area contributed by atoms with Crippen LogP contribution in [0.4, 0.5) is 5.69 Å². The molecular weight excluding hydrogens is 512 g/mol. The topological polar surface area (TPSA) is 77.4 Å². The van der Waals surface area contributed by atoms with Gasteiger partial charge in [-0.05, 0) is 60.3 Å². The number of aryl methyl sites for hydroxylation is 1. The van der Waals surface area contributed by atoms with Crippen molar-refractivity contribution in [3.05, 3.63) is 101 Å². The fraction of sp³-hybridized carbons (Fsp3) is 0.226. The van der Waals surface area contributed by atoms with Crippen LogP contribution in [-0.2, 0) is 0 Å². The number of rotatable bonds is 8. The van der Waals surface area contributed by atoms with Crippen LogP contribution in [0.5, 0.6) is 11.5 Å². The summed E-state index contributed by atoms with van der Waals surface area (Å²) in [6.45, 7) is 7.65. The molecule has 1 amide bonds. The minimum Gasteiger partial charge on any atom is -0.506 e. The summed E-state index contributed by atoms with van der Waals surface area (Å²) in [5.74, 6) is 0.326. The van der Waals surface area contributed by atoms with E-state index in [0.29, 0.717) is 12.2 Å². The van der Waals surface area contributed by atoms with Crippen LogP contribution in [0.2, 0.25) is 5.02 Å². The Balaban J connectivity index is 1.17. The fourth-order valence-electron chi connectivity index (χ4n) is 4.75. The number of piperazine rings is 1. The first-order valence-electron chi connectivity index (χ1n) is 13.0. The molecule has 8 heteroatoms. The Morgan fingerprint density at radius 1 is 1.00 bits per heavy atom. The van der Waals surface area contributed by atoms with Gasteiger partial charge in [0.1, 0.15) is 18.1 Å². The third kappa shape index (κ3) is 6.50. The van der Waals surface area contributed by atoms with Crippen LogP contribution >= 0.6 is 11.6 Å². The zero-order valence-corrected chi connectivity index (χ0v) is 22.6. The molecular formula is C31H31ClN4O3. The highest BCUT2D eigenvalue weighted by molar-refractivity contribution is 6.32. The van der Waals surface area contributed by atoms with Gasteiger partial charge in [0.05, 0.1) is 11.2 Å². The van der Waals surface area contributed by atoms with Gasteiger partial charge in [0.2, 0.25) is 0 Å². The van der Waals surface area contributed by atoms with Crippen molar-refractivity contribution in [2.45, 2.75) is 6.92 Å². The highest BCUT2D eigenvalue weighted by Gasteiger charge is 2.17. The van der Waals surface area contributed by atoms with E-state index in [1.54, 1.807) is 6.21 Å². The van der Waals surface area contributed by atoms with Crippen molar-refractivity contribution >= 4 is 40.2 Å². The lowest BCUT2D eigenvalue weighted by Gasteiger charge is -2.36. The largest absolute Gasteiger partial charge is 0.506 e. The van der Waals surface area contributed by atoms with E-state index in [0.717, 1.165) is 54.8 Å². The van der Waals surface area contributed by atoms with Gasteiger partial charge in [0.15, 0.2) is 0 Å². The summed E-state index contributed by atoms with van der Waals surface area (Å²) in [6.07, 6.45) is 1.61. The first-order chi connectivity index (χ1) is 19.0. The predicted octanol–water partition coefficient (Wildman–Crippen LogP) is 5.47. The number of fused-ring (bicyclic) bond motifs is 1. The number of phenols is 1. The Morgan fingerprint density at radius 3 is 2.56 bits per heavy atom. The maximum Gasteiger partial charge on any atom is 0.271 e. The molecule has 0 aliphatic carbocycles. The highest BCUT2D eigenvalue weighted by atomic mass is 35.5. The van der Waals surface area contributed by atoms with Gasteiger partial charge in [-0.2, -0.15) is 5.10 Å². The van der Waals surface area contributed by atoms with Crippen LogP contribution < -0.4 is 15.1 Å². The molecule has 7 nitrogen and oxygen atoms in total. The van der Waals surface area contributed by atoms with Gasteiger partial charge < -0.3 is 14.7 Å². The second-order valence-corrected chi connectivity index (χ2v) is 9.99. The number of ether oxygens (including phenoxy) is 1. The van der Waals surface area contributed by atoms with Gasteiger partial charge in [0, 0.05) is 54.9 Å². The van der Waals surface area contributed by atoms with E-state index in [1.165, 1.54) is 29.4 Å². The molecule has 0 aromatic heterocycles. The minimum absolute atomic E-state index is 0.0776. The monoisotopic (exact) mass is 542 g/mol. The molecule has 5 rings (SSSR count). The Labute approximate surface area is 233 Å². The number of carbonyl (C=O) groups excluding carboxylic acids is 1. The Bertz CT molecular complexity index is 1500. The number of benzene rings is 4. The molecule has 0 atom stereocenters. The first kappa shape index (κ1) is 26.5. The first-order valence-corrected chi connectivity index (χ1v) is 13.4. The zero-order valence-electron chi connectivity index (χ0n) is 21.8. The molecule has 0 saturated carbocycles. The second-order valence-electron chi connectivity index (χ2n) is 9.58. The number of hydrazone groups is 1. The van der Waals surface area contributed by atoms with Gasteiger partial charge in [-0.15, -0.1) is 0 Å². The molecule has 1 aliphatic rings. The SMILES string of the molecule is Cc1cccc(N2CCN(CCOc3ccc(/C=N\NC(=O)c4ccc(O)c(Cl)c4)c4ccccc34)CC2)c1. The lowest BCUT2D eigenvalue weighted by atomic mass is 10.0. The van der Waals surface area contributed by atoms with Gasteiger partial charge in [-0.25, -0.2) is 5.43 Å². The summed E-state index contributed by atoms with van der Waals surface area (Å²) in [5, 5.41) is 15.7. The molecule has 0 bridgehead atoms. The van der Waals surface area contributed by atoms with Gasteiger partial charge >= 0.3 is 0 Å². The van der Waals surface area contributed by atoms with Gasteiger partial charge in [-0.1, -0.05) is 48.0 Å². The van der Waals surface area contributed by atoms with Gasteiger partial charge in [-0.3, -0.25) is 9.69 Å². The maximum absolute atomic E-state index is 12.4. The molecule has 0 radical (unpaired) electrons. The highest BCUT2D eigenvalue weighted by Crippen LogP contribution is 2.28. The molecule has 4 aromatic rings. The number of halogens is 1. The molecule has 0 spiro atoms. The number of nitrogens with one attached hydrogen (secondary N) is 1. The van der Waals surface area contributed by atoms with E-state index in [1.807, 2.05) is 36.4 Å². The average Bonchev–Trinajstić information content (AvgIpc) is 2.95. The number of anilines is 1. The van der Waals surface area contributed by atoms with Crippen LogP contribution in [0.3, 0.4) is 0 Å². The Hall–Kier alpha value is -4.07. The number of hydrogen-bond acceptors (Lipinski definition) is 6. The number of aromatic hydroxyl groups is 1. The van der Waals surface area contributed by atoms with Crippen molar-refractivity contribution in [1.82, 2.24) is 10.3 Å². The van der Waals surface area contributed by atoms with E-state index in [2.05, 4.69) is 51.5 Å². The molecule has 4 aromatic carbocycles. The van der Waals surface area contributed by atoms with Crippen LogP contribution in [0, 0.1) is 6.92 Å². The molecule has 39 heavy (non-hydrogen) atoms. The number of carbonyl (C=O) groups is 1. The molecule has 2 N–H and O–H groups in total. The summed E-state index contributed by atoms with van der Waals surface area (Å²) in [5.41, 5.74) is 6.26. The predicted molar refractivity (Wildman–Crippen MR) is 157 cm³/mol. The normalized spacial score (nSPS) is 14.2. The Kier molecular flexibility index (Phi) is 8.30. The van der Waals surface area contributed by atoms with Crippen molar-refractivity contribution in [1.29, 1.82) is 0 Å². The van der Waals surface area contributed by atoms with Crippen molar-refractivity contribution in [2.24, 2.45) is 5.10 Å². The fourth-order valence-corrected chi connectivity index (χ4v) is 4.93. The van der Waals surface area contributed by atoms with Crippen molar-refractivity contribution < 1.29 is 14.6 Å². The standard InChI is InChI=1S/C31H31ClN4O3/c1-22-5-4-6-25(19-22)36-15-13-35(14-16-36)17-18-39-30-12-10-24(26-7-2-3-8-27(26)30)21-33-34-31(38)23-9-11-29(37)28(32)20-23/h2-12,19-21,37H,13-18H2,1H3,(H,34,38)/b33-21-. The van der Waals surface area contributed by atoms with E-state index in [-0.39, 0.29) is 10.8 Å². The second kappa shape index (κ2) is 12.2. The molecule has 1 heterocycles. The quantitative estimate of drug-likeness (QED) is 0.228. The third-order valence-electron chi connectivity index (χ3n) is 6.90. The van der Waals surface area contributed by atoms with Crippen LogP contribution in [0.15, 0.2) is 84.0 Å². The molecule has 1 fully saturated rings. The van der Waals surface area contributed by atoms with E-state index < -0.39 is 5.91 Å². The number of hydrogen-bond donors (Lipinski definition) is 2. The summed E-state index contributed by atoms with van der Waals surface area (Å²) >= 11 is 5.90. The molecule has 1 aliphatic heterocycles. The van der Waals surface area contributed by atoms with Crippen LogP contribution in [-0.4, -0.2) is 61.5 Å². The van der Waals surface area contributed by atoms with Crippen LogP contribution in [0.25, 0.3) is 10.8 Å². The smallest absolute Gasteiger partial charge is 0.271 e. The number of nitrogens with zero attached hydrogens (tertiary/aromatic N) is 3. The zero-order chi connectivity index (χ0) is 27.2. The van der Waals surface area contributed by atoms with E-state index >= 15 is 0 Å². The van der Waals surface area contributed by atoms with Crippen molar-refractivity contribution in [3.8, 4) is 11.5 Å². The number of phenolic OH excluding ortho intramolecular Hbond substituents is 1. The maximum atomic E-state index is 12.4. The third-order valence-corrected chi connectivity index (χ3v) is 7.20. The van der Waals surface area contributed by atoms with E-state index in [4.69, 9.17) is 16.3 Å². The van der Waals surface area contributed by atoms with Crippen molar-refractivity contribution in [2.75, 3.05) is 44.2 Å². The van der Waals surface area contributed by atoms with E-state index in [9.17, 15) is 9.90 Å². The lowest BCUT2D eigenvalue weighted by molar-refractivity contribution is 0.0955. The van der Waals surface area contributed by atoms with Crippen LogP contribution in [0.1, 0.15) is 21.5 Å².